The highest BCUT2D eigenvalue weighted by Gasteiger charge is 2.03. The summed E-state index contributed by atoms with van der Waals surface area (Å²) in [5.41, 5.74) is 1.55. The number of nitroso groups, excluding NO2 is 2. The zero-order valence-electron chi connectivity index (χ0n) is 12.6. The molecule has 2 heterocycles. The van der Waals surface area contributed by atoms with Crippen LogP contribution >= 0.6 is 0 Å². The monoisotopic (exact) mass is 314 g/mol. The maximum Gasteiger partial charge on any atom is 0.0788 e. The van der Waals surface area contributed by atoms with E-state index in [1.54, 1.807) is 0 Å². The van der Waals surface area contributed by atoms with E-state index in [1.807, 2.05) is 58.9 Å². The van der Waals surface area contributed by atoms with E-state index in [4.69, 9.17) is 4.74 Å². The van der Waals surface area contributed by atoms with Gasteiger partial charge in [-0.2, -0.15) is 0 Å². The maximum absolute atomic E-state index is 10.1. The minimum Gasteiger partial charge on any atom is -0.378 e. The molecule has 7 heteroatoms. The van der Waals surface area contributed by atoms with E-state index in [1.165, 1.54) is 12.4 Å². The Bertz CT molecular complexity index is 518. The third-order valence-corrected chi connectivity index (χ3v) is 3.23. The summed E-state index contributed by atoms with van der Waals surface area (Å²) in [7, 11) is 0. The van der Waals surface area contributed by atoms with Crippen LogP contribution in [0.1, 0.15) is 0 Å². The molecule has 0 bridgehead atoms. The minimum atomic E-state index is 0.598. The summed E-state index contributed by atoms with van der Waals surface area (Å²) in [6.45, 7) is 2.67. The molecule has 0 aromatic carbocycles. The Morgan fingerprint density at radius 2 is 1.17 bits per heavy atom. The molecule has 0 saturated carbocycles. The van der Waals surface area contributed by atoms with Gasteiger partial charge in [0.2, 0.25) is 0 Å². The van der Waals surface area contributed by atoms with Crippen LogP contribution in [0.25, 0.3) is 0 Å². The van der Waals surface area contributed by atoms with Crippen LogP contribution in [0.4, 0.5) is 0 Å². The van der Waals surface area contributed by atoms with Crippen LogP contribution in [0.5, 0.6) is 0 Å². The molecule has 0 atom stereocenters. The standard InChI is InChI=1S/C16H18N4O3/c21-17-13-15-1-5-19(6-2-15)9-11-23-12-10-20-7-3-16(4-8-20)14-18-22/h1-8,13-14H,9-12H2. The Morgan fingerprint density at radius 1 is 0.783 bits per heavy atom. The van der Waals surface area contributed by atoms with Gasteiger partial charge < -0.3 is 14.5 Å². The van der Waals surface area contributed by atoms with E-state index in [9.17, 15) is 9.81 Å². The molecule has 0 aromatic rings. The molecule has 0 aliphatic carbocycles. The Morgan fingerprint density at radius 3 is 1.52 bits per heavy atom. The molecular weight excluding hydrogens is 296 g/mol. The predicted molar refractivity (Wildman–Crippen MR) is 88.5 cm³/mol. The van der Waals surface area contributed by atoms with Crippen LogP contribution in [0.2, 0.25) is 0 Å². The first-order chi connectivity index (χ1) is 11.3. The van der Waals surface area contributed by atoms with Gasteiger partial charge in [-0.1, -0.05) is 0 Å². The molecule has 120 valence electrons. The summed E-state index contributed by atoms with van der Waals surface area (Å²) in [4.78, 5) is 24.2. The van der Waals surface area contributed by atoms with Crippen LogP contribution in [-0.2, 0) is 4.74 Å². The van der Waals surface area contributed by atoms with Crippen molar-refractivity contribution >= 4 is 0 Å². The van der Waals surface area contributed by atoms with E-state index < -0.39 is 0 Å². The van der Waals surface area contributed by atoms with Gasteiger partial charge in [0, 0.05) is 37.9 Å². The molecule has 2 aliphatic rings. The normalized spacial score (nSPS) is 16.0. The van der Waals surface area contributed by atoms with Crippen LogP contribution in [0, 0.1) is 9.81 Å². The van der Waals surface area contributed by atoms with Crippen molar-refractivity contribution in [1.29, 1.82) is 0 Å². The molecule has 0 amide bonds. The number of ether oxygens (including phenoxy) is 1. The molecule has 7 nitrogen and oxygen atoms in total. The highest BCUT2D eigenvalue weighted by molar-refractivity contribution is 5.33. The van der Waals surface area contributed by atoms with Gasteiger partial charge in [-0.05, 0) is 45.8 Å². The Hall–Kier alpha value is -2.80. The van der Waals surface area contributed by atoms with Crippen molar-refractivity contribution in [3.05, 3.63) is 82.5 Å². The molecule has 2 rings (SSSR count). The highest BCUT2D eigenvalue weighted by Crippen LogP contribution is 2.10. The average molecular weight is 314 g/mol. The number of nitrogens with zero attached hydrogens (tertiary/aromatic N) is 4. The lowest BCUT2D eigenvalue weighted by Crippen LogP contribution is -2.22. The predicted octanol–water partition coefficient (Wildman–Crippen LogP) is 2.99. The molecule has 0 spiro atoms. The van der Waals surface area contributed by atoms with Gasteiger partial charge in [0.25, 0.3) is 0 Å². The quantitative estimate of drug-likeness (QED) is 0.508. The largest absolute Gasteiger partial charge is 0.378 e. The van der Waals surface area contributed by atoms with Gasteiger partial charge in [-0.25, -0.2) is 0 Å². The van der Waals surface area contributed by atoms with Crippen molar-refractivity contribution in [3.8, 4) is 0 Å². The van der Waals surface area contributed by atoms with Gasteiger partial charge in [0.1, 0.15) is 0 Å². The lowest BCUT2D eigenvalue weighted by atomic mass is 10.2. The van der Waals surface area contributed by atoms with Crippen LogP contribution in [0.3, 0.4) is 0 Å². The second-order valence-corrected chi connectivity index (χ2v) is 4.82. The smallest absolute Gasteiger partial charge is 0.0788 e. The SMILES string of the molecule is O=NC=C1C=CN(CCOCCN2C=CC(=CN=O)C=C2)C=C1. The van der Waals surface area contributed by atoms with Crippen molar-refractivity contribution in [3.63, 3.8) is 0 Å². The van der Waals surface area contributed by atoms with Crippen molar-refractivity contribution in [2.45, 2.75) is 0 Å². The van der Waals surface area contributed by atoms with E-state index in [0.717, 1.165) is 24.2 Å². The van der Waals surface area contributed by atoms with Gasteiger partial charge >= 0.3 is 0 Å². The fourth-order valence-electron chi connectivity index (χ4n) is 1.97. The third-order valence-electron chi connectivity index (χ3n) is 3.23. The maximum atomic E-state index is 10.1. The second-order valence-electron chi connectivity index (χ2n) is 4.82. The van der Waals surface area contributed by atoms with Crippen molar-refractivity contribution < 1.29 is 4.74 Å². The second kappa shape index (κ2) is 9.26. The molecule has 0 fully saturated rings. The Kier molecular flexibility index (Phi) is 6.67. The van der Waals surface area contributed by atoms with Crippen LogP contribution in [-0.4, -0.2) is 36.1 Å². The van der Waals surface area contributed by atoms with Gasteiger partial charge in [-0.15, -0.1) is 9.81 Å². The molecule has 2 aliphatic heterocycles. The topological polar surface area (TPSA) is 74.6 Å². The Labute approximate surface area is 134 Å². The summed E-state index contributed by atoms with van der Waals surface area (Å²) in [6, 6.07) is 0. The number of hydrogen-bond acceptors (Lipinski definition) is 7. The van der Waals surface area contributed by atoms with E-state index >= 15 is 0 Å². The van der Waals surface area contributed by atoms with Gasteiger partial charge in [-0.3, -0.25) is 0 Å². The zero-order chi connectivity index (χ0) is 16.3. The third kappa shape index (κ3) is 5.84. The fourth-order valence-corrected chi connectivity index (χ4v) is 1.97. The average Bonchev–Trinajstić information content (AvgIpc) is 2.58. The minimum absolute atomic E-state index is 0.598. The number of hydrogen-bond donors (Lipinski definition) is 0. The molecule has 0 aromatic heterocycles. The number of rotatable bonds is 8. The Balaban J connectivity index is 1.59. The highest BCUT2D eigenvalue weighted by atomic mass is 16.5. The first-order valence-electron chi connectivity index (χ1n) is 7.19. The lowest BCUT2D eigenvalue weighted by molar-refractivity contribution is 0.115. The molecule has 0 unspecified atom stereocenters. The zero-order valence-corrected chi connectivity index (χ0v) is 12.6. The fraction of sp³-hybridized carbons (Fsp3) is 0.250. The van der Waals surface area contributed by atoms with Gasteiger partial charge in [0.05, 0.1) is 25.6 Å². The van der Waals surface area contributed by atoms with Crippen molar-refractivity contribution in [1.82, 2.24) is 9.80 Å². The van der Waals surface area contributed by atoms with Crippen LogP contribution < -0.4 is 0 Å². The summed E-state index contributed by atoms with van der Waals surface area (Å²) in [5.74, 6) is 0. The molecule has 0 radical (unpaired) electrons. The van der Waals surface area contributed by atoms with Crippen molar-refractivity contribution in [2.75, 3.05) is 26.3 Å². The van der Waals surface area contributed by atoms with Crippen molar-refractivity contribution in [2.24, 2.45) is 10.4 Å². The molecule has 0 N–H and O–H groups in total. The lowest BCUT2D eigenvalue weighted by Gasteiger charge is -2.20. The van der Waals surface area contributed by atoms with E-state index in [0.29, 0.717) is 13.2 Å². The summed E-state index contributed by atoms with van der Waals surface area (Å²) >= 11 is 0. The first-order valence-corrected chi connectivity index (χ1v) is 7.19. The summed E-state index contributed by atoms with van der Waals surface area (Å²) < 4.78 is 5.60. The first kappa shape index (κ1) is 16.6. The summed E-state index contributed by atoms with van der Waals surface area (Å²) in [5, 5.41) is 5.47. The molecular formula is C16H18N4O3. The van der Waals surface area contributed by atoms with E-state index in [2.05, 4.69) is 10.4 Å². The molecule has 0 saturated heterocycles. The van der Waals surface area contributed by atoms with Gasteiger partial charge in [0.15, 0.2) is 0 Å². The number of allylic oxidation sites excluding steroid dienone is 6. The summed E-state index contributed by atoms with van der Waals surface area (Å²) in [6.07, 6.45) is 17.4. The molecule has 23 heavy (non-hydrogen) atoms. The van der Waals surface area contributed by atoms with E-state index in [-0.39, 0.29) is 0 Å². The van der Waals surface area contributed by atoms with Crippen LogP contribution in [0.15, 0.2) is 83.0 Å².